The van der Waals surface area contributed by atoms with E-state index in [9.17, 15) is 0 Å². The Balaban J connectivity index is 1.82. The average molecular weight is 357 g/mol. The second kappa shape index (κ2) is 6.63. The summed E-state index contributed by atoms with van der Waals surface area (Å²) in [4.78, 5) is 4.91. The van der Waals surface area contributed by atoms with Crippen LogP contribution in [-0.4, -0.2) is 23.3 Å². The van der Waals surface area contributed by atoms with Gasteiger partial charge in [0, 0.05) is 11.1 Å². The van der Waals surface area contributed by atoms with Crippen LogP contribution in [0, 0.1) is 0 Å². The molecule has 4 heteroatoms. The Hall–Kier alpha value is -2.43. The molecule has 1 saturated heterocycles. The molecule has 1 aliphatic heterocycles. The first-order valence-corrected chi connectivity index (χ1v) is 9.34. The third-order valence-electron chi connectivity index (χ3n) is 5.51. The van der Waals surface area contributed by atoms with Crippen LogP contribution in [0.4, 0.5) is 0 Å². The molecule has 27 heavy (non-hydrogen) atoms. The van der Waals surface area contributed by atoms with Gasteiger partial charge in [-0.05, 0) is 45.3 Å². The molecule has 2 heterocycles. The van der Waals surface area contributed by atoms with Gasteiger partial charge in [-0.2, -0.15) is 0 Å². The van der Waals surface area contributed by atoms with Crippen LogP contribution in [0.2, 0.25) is 0 Å². The van der Waals surface area contributed by atoms with Gasteiger partial charge in [-0.3, -0.25) is 0 Å². The van der Waals surface area contributed by atoms with Crippen LogP contribution >= 0.6 is 0 Å². The maximum Gasteiger partial charge on any atom is 0.494 e. The minimum Gasteiger partial charge on any atom is -0.399 e. The van der Waals surface area contributed by atoms with Crippen molar-refractivity contribution >= 4 is 12.6 Å². The molecular formula is C23H24BNO2. The largest absolute Gasteiger partial charge is 0.494 e. The molecule has 136 valence electrons. The van der Waals surface area contributed by atoms with Crippen LogP contribution in [-0.2, 0) is 9.31 Å². The van der Waals surface area contributed by atoms with Gasteiger partial charge in [-0.1, -0.05) is 60.7 Å². The number of nitrogens with zero attached hydrogens (tertiary/aromatic N) is 1. The highest BCUT2D eigenvalue weighted by molar-refractivity contribution is 6.62. The van der Waals surface area contributed by atoms with Gasteiger partial charge in [0.2, 0.25) is 0 Å². The summed E-state index contributed by atoms with van der Waals surface area (Å²) < 4.78 is 12.6. The average Bonchev–Trinajstić information content (AvgIpc) is 2.90. The molecule has 0 saturated carbocycles. The molecule has 1 fully saturated rings. The molecule has 0 unspecified atom stereocenters. The lowest BCUT2D eigenvalue weighted by atomic mass is 9.78. The molecule has 3 aromatic rings. The van der Waals surface area contributed by atoms with Crippen molar-refractivity contribution in [3.63, 3.8) is 0 Å². The minimum absolute atomic E-state index is 0.374. The van der Waals surface area contributed by atoms with Gasteiger partial charge >= 0.3 is 7.12 Å². The van der Waals surface area contributed by atoms with E-state index in [1.54, 1.807) is 0 Å². The first-order chi connectivity index (χ1) is 12.9. The second-order valence-electron chi connectivity index (χ2n) is 7.99. The van der Waals surface area contributed by atoms with E-state index in [0.717, 1.165) is 28.0 Å². The number of aromatic nitrogens is 1. The van der Waals surface area contributed by atoms with Crippen molar-refractivity contribution in [3.05, 3.63) is 72.8 Å². The van der Waals surface area contributed by atoms with Crippen molar-refractivity contribution in [2.75, 3.05) is 0 Å². The molecule has 0 amide bonds. The predicted octanol–water partition coefficient (Wildman–Crippen LogP) is 4.71. The topological polar surface area (TPSA) is 31.4 Å². The summed E-state index contributed by atoms with van der Waals surface area (Å²) in [7, 11) is -0.414. The molecule has 0 N–H and O–H groups in total. The number of pyridine rings is 1. The van der Waals surface area contributed by atoms with Crippen molar-refractivity contribution in [3.8, 4) is 22.5 Å². The zero-order valence-electron chi connectivity index (χ0n) is 16.3. The molecule has 0 bridgehead atoms. The monoisotopic (exact) mass is 357 g/mol. The van der Waals surface area contributed by atoms with Gasteiger partial charge in [0.25, 0.3) is 0 Å². The third kappa shape index (κ3) is 3.43. The first-order valence-electron chi connectivity index (χ1n) is 9.34. The lowest BCUT2D eigenvalue weighted by molar-refractivity contribution is 0.00578. The zero-order chi connectivity index (χ0) is 19.1. The van der Waals surface area contributed by atoms with Crippen LogP contribution in [0.5, 0.6) is 0 Å². The smallest absolute Gasteiger partial charge is 0.399 e. The van der Waals surface area contributed by atoms with E-state index in [0.29, 0.717) is 0 Å². The Morgan fingerprint density at radius 2 is 1.07 bits per heavy atom. The van der Waals surface area contributed by atoms with Gasteiger partial charge in [-0.15, -0.1) is 0 Å². The molecule has 0 atom stereocenters. The molecular weight excluding hydrogens is 333 g/mol. The second-order valence-corrected chi connectivity index (χ2v) is 7.99. The first kappa shape index (κ1) is 18.0. The fourth-order valence-electron chi connectivity index (χ4n) is 3.18. The molecule has 0 radical (unpaired) electrons. The Bertz CT molecular complexity index is 865. The minimum atomic E-state index is -0.414. The maximum atomic E-state index is 6.28. The standard InChI is InChI=1S/C23H24BNO2/c1-22(2)23(3,4)27-24(26-22)19-15-20(17-11-7-5-8-12-17)25-21(16-19)18-13-9-6-10-14-18/h5-16H,1-4H3. The molecule has 2 aromatic carbocycles. The van der Waals surface area contributed by atoms with E-state index < -0.39 is 7.12 Å². The number of hydrogen-bond donors (Lipinski definition) is 0. The van der Waals surface area contributed by atoms with Gasteiger partial charge in [0.15, 0.2) is 0 Å². The van der Waals surface area contributed by atoms with E-state index in [1.165, 1.54) is 0 Å². The zero-order valence-corrected chi connectivity index (χ0v) is 16.3. The van der Waals surface area contributed by atoms with Crippen molar-refractivity contribution < 1.29 is 9.31 Å². The highest BCUT2D eigenvalue weighted by atomic mass is 16.7. The maximum absolute atomic E-state index is 6.28. The highest BCUT2D eigenvalue weighted by Crippen LogP contribution is 2.37. The molecule has 0 spiro atoms. The van der Waals surface area contributed by atoms with Crippen LogP contribution in [0.1, 0.15) is 27.7 Å². The quantitative estimate of drug-likeness (QED) is 0.636. The molecule has 3 nitrogen and oxygen atoms in total. The van der Waals surface area contributed by atoms with Crippen molar-refractivity contribution in [2.24, 2.45) is 0 Å². The molecule has 1 aliphatic rings. The summed E-state index contributed by atoms with van der Waals surface area (Å²) in [5.41, 5.74) is 4.23. The predicted molar refractivity (Wildman–Crippen MR) is 111 cm³/mol. The Morgan fingerprint density at radius 3 is 1.48 bits per heavy atom. The summed E-state index contributed by atoms with van der Waals surface area (Å²) in [6, 6.07) is 24.6. The van der Waals surface area contributed by atoms with E-state index in [4.69, 9.17) is 14.3 Å². The summed E-state index contributed by atoms with van der Waals surface area (Å²) in [5.74, 6) is 0. The van der Waals surface area contributed by atoms with Gasteiger partial charge in [-0.25, -0.2) is 4.98 Å². The Labute approximate surface area is 161 Å². The van der Waals surface area contributed by atoms with Gasteiger partial charge in [0.1, 0.15) is 0 Å². The van der Waals surface area contributed by atoms with E-state index in [2.05, 4.69) is 64.1 Å². The Kier molecular flexibility index (Phi) is 4.41. The lowest BCUT2D eigenvalue weighted by Crippen LogP contribution is -2.41. The van der Waals surface area contributed by atoms with Crippen LogP contribution in [0.25, 0.3) is 22.5 Å². The van der Waals surface area contributed by atoms with E-state index >= 15 is 0 Å². The number of benzene rings is 2. The van der Waals surface area contributed by atoms with Gasteiger partial charge in [0.05, 0.1) is 22.6 Å². The fourth-order valence-corrected chi connectivity index (χ4v) is 3.18. The summed E-state index contributed by atoms with van der Waals surface area (Å²) in [5, 5.41) is 0. The van der Waals surface area contributed by atoms with Crippen LogP contribution in [0.3, 0.4) is 0 Å². The van der Waals surface area contributed by atoms with Gasteiger partial charge < -0.3 is 9.31 Å². The summed E-state index contributed by atoms with van der Waals surface area (Å²) >= 11 is 0. The van der Waals surface area contributed by atoms with Crippen LogP contribution < -0.4 is 5.46 Å². The molecule has 0 aliphatic carbocycles. The fraction of sp³-hybridized carbons (Fsp3) is 0.261. The molecule has 1 aromatic heterocycles. The highest BCUT2D eigenvalue weighted by Gasteiger charge is 2.51. The Morgan fingerprint density at radius 1 is 0.667 bits per heavy atom. The van der Waals surface area contributed by atoms with E-state index in [1.807, 2.05) is 36.4 Å². The van der Waals surface area contributed by atoms with Crippen molar-refractivity contribution in [1.82, 2.24) is 4.98 Å². The normalized spacial score (nSPS) is 17.9. The van der Waals surface area contributed by atoms with E-state index in [-0.39, 0.29) is 11.2 Å². The summed E-state index contributed by atoms with van der Waals surface area (Å²) in [6.07, 6.45) is 0. The van der Waals surface area contributed by atoms with Crippen molar-refractivity contribution in [1.29, 1.82) is 0 Å². The third-order valence-corrected chi connectivity index (χ3v) is 5.51. The summed E-state index contributed by atoms with van der Waals surface area (Å²) in [6.45, 7) is 8.30. The number of rotatable bonds is 3. The van der Waals surface area contributed by atoms with Crippen LogP contribution in [0.15, 0.2) is 72.8 Å². The van der Waals surface area contributed by atoms with Crippen molar-refractivity contribution in [2.45, 2.75) is 38.9 Å². The number of hydrogen-bond acceptors (Lipinski definition) is 3. The lowest BCUT2D eigenvalue weighted by Gasteiger charge is -2.32. The SMILES string of the molecule is CC1(C)OB(c2cc(-c3ccccc3)nc(-c3ccccc3)c2)OC1(C)C. The molecule has 4 rings (SSSR count).